The number of carbonyl (C=O) groups is 1. The highest BCUT2D eigenvalue weighted by atomic mass is 35.5. The minimum Gasteiger partial charge on any atom is -0.464 e. The summed E-state index contributed by atoms with van der Waals surface area (Å²) in [5, 5.41) is 6.08. The number of halogens is 1. The van der Waals surface area contributed by atoms with Crippen molar-refractivity contribution in [3.8, 4) is 0 Å². The molecular formula is C14H15ClN2O2. The van der Waals surface area contributed by atoms with Crippen LogP contribution < -0.4 is 10.6 Å². The highest BCUT2D eigenvalue weighted by Gasteiger charge is 2.12. The normalized spacial score (nSPS) is 11.9. The molecule has 5 heteroatoms. The molecule has 2 N–H and O–H groups in total. The topological polar surface area (TPSA) is 54.3 Å². The number of furan rings is 1. The monoisotopic (exact) mass is 278 g/mol. The molecule has 2 rings (SSSR count). The number of aryl methyl sites for hydroxylation is 1. The van der Waals surface area contributed by atoms with Gasteiger partial charge in [-0.05, 0) is 44.2 Å². The molecule has 1 aromatic heterocycles. The molecule has 0 spiro atoms. The van der Waals surface area contributed by atoms with Gasteiger partial charge in [0.2, 0.25) is 0 Å². The van der Waals surface area contributed by atoms with Crippen molar-refractivity contribution in [2.24, 2.45) is 0 Å². The lowest BCUT2D eigenvalue weighted by Crippen LogP contribution is -2.30. The molecule has 2 aromatic rings. The average Bonchev–Trinajstić information content (AvgIpc) is 2.75. The fraction of sp³-hybridized carbons (Fsp3) is 0.214. The lowest BCUT2D eigenvalue weighted by molar-refractivity contribution is 0.247. The maximum atomic E-state index is 11.8. The quantitative estimate of drug-likeness (QED) is 0.887. The highest BCUT2D eigenvalue weighted by molar-refractivity contribution is 6.30. The van der Waals surface area contributed by atoms with Crippen LogP contribution >= 0.6 is 11.6 Å². The lowest BCUT2D eigenvalue weighted by Gasteiger charge is -2.12. The van der Waals surface area contributed by atoms with Gasteiger partial charge in [-0.15, -0.1) is 0 Å². The van der Waals surface area contributed by atoms with Gasteiger partial charge in [0.25, 0.3) is 0 Å². The zero-order chi connectivity index (χ0) is 13.8. The van der Waals surface area contributed by atoms with Crippen molar-refractivity contribution in [3.63, 3.8) is 0 Å². The number of benzene rings is 1. The maximum Gasteiger partial charge on any atom is 0.319 e. The molecule has 0 saturated heterocycles. The van der Waals surface area contributed by atoms with Crippen LogP contribution in [0.25, 0.3) is 0 Å². The first-order valence-electron chi connectivity index (χ1n) is 5.94. The van der Waals surface area contributed by atoms with Crippen LogP contribution in [-0.2, 0) is 0 Å². The Morgan fingerprint density at radius 3 is 2.74 bits per heavy atom. The number of rotatable bonds is 3. The molecule has 0 aliphatic rings. The lowest BCUT2D eigenvalue weighted by atomic mass is 10.2. The Bertz CT molecular complexity index is 580. The van der Waals surface area contributed by atoms with Crippen LogP contribution in [-0.4, -0.2) is 6.03 Å². The molecule has 100 valence electrons. The molecule has 0 saturated carbocycles. The Kier molecular flexibility index (Phi) is 4.12. The van der Waals surface area contributed by atoms with Crippen LogP contribution in [0.5, 0.6) is 0 Å². The third-order valence-corrected chi connectivity index (χ3v) is 2.85. The van der Waals surface area contributed by atoms with Gasteiger partial charge in [-0.25, -0.2) is 4.79 Å². The number of urea groups is 1. The molecule has 1 unspecified atom stereocenters. The second-order valence-electron chi connectivity index (χ2n) is 4.28. The van der Waals surface area contributed by atoms with E-state index in [1.807, 2.05) is 26.0 Å². The summed E-state index contributed by atoms with van der Waals surface area (Å²) < 4.78 is 5.45. The molecule has 0 radical (unpaired) electrons. The van der Waals surface area contributed by atoms with Crippen molar-refractivity contribution in [1.82, 2.24) is 5.32 Å². The van der Waals surface area contributed by atoms with E-state index in [0.29, 0.717) is 10.7 Å². The Morgan fingerprint density at radius 1 is 1.32 bits per heavy atom. The van der Waals surface area contributed by atoms with Gasteiger partial charge in [0.1, 0.15) is 11.5 Å². The summed E-state index contributed by atoms with van der Waals surface area (Å²) in [6.07, 6.45) is 0. The largest absolute Gasteiger partial charge is 0.464 e. The summed E-state index contributed by atoms with van der Waals surface area (Å²) in [7, 11) is 0. The molecule has 1 aromatic carbocycles. The zero-order valence-electron chi connectivity index (χ0n) is 10.7. The first-order chi connectivity index (χ1) is 9.04. The summed E-state index contributed by atoms with van der Waals surface area (Å²) in [5.41, 5.74) is 0.646. The summed E-state index contributed by atoms with van der Waals surface area (Å²) in [6, 6.07) is 10.2. The number of nitrogens with one attached hydrogen (secondary N) is 2. The third kappa shape index (κ3) is 3.76. The smallest absolute Gasteiger partial charge is 0.319 e. The van der Waals surface area contributed by atoms with Gasteiger partial charge in [0.15, 0.2) is 0 Å². The van der Waals surface area contributed by atoms with Crippen LogP contribution in [0.4, 0.5) is 10.5 Å². The molecule has 1 heterocycles. The summed E-state index contributed by atoms with van der Waals surface area (Å²) in [6.45, 7) is 3.72. The average molecular weight is 279 g/mol. The number of anilines is 1. The van der Waals surface area contributed by atoms with Crippen LogP contribution in [0, 0.1) is 6.92 Å². The molecule has 1 atom stereocenters. The Labute approximate surface area is 116 Å². The molecule has 0 bridgehead atoms. The second kappa shape index (κ2) is 5.80. The highest BCUT2D eigenvalue weighted by Crippen LogP contribution is 2.17. The Balaban J connectivity index is 1.94. The number of hydrogen-bond donors (Lipinski definition) is 2. The number of amides is 2. The van der Waals surface area contributed by atoms with Gasteiger partial charge in [-0.3, -0.25) is 0 Å². The number of carbonyl (C=O) groups excluding carboxylic acids is 1. The molecule has 0 aliphatic carbocycles. The second-order valence-corrected chi connectivity index (χ2v) is 4.72. The van der Waals surface area contributed by atoms with Crippen molar-refractivity contribution in [2.75, 3.05) is 5.32 Å². The van der Waals surface area contributed by atoms with Gasteiger partial charge in [-0.1, -0.05) is 17.7 Å². The van der Waals surface area contributed by atoms with Gasteiger partial charge in [0, 0.05) is 10.7 Å². The van der Waals surface area contributed by atoms with E-state index in [0.717, 1.165) is 11.5 Å². The van der Waals surface area contributed by atoms with E-state index in [4.69, 9.17) is 16.0 Å². The molecule has 0 aliphatic heterocycles. The molecular weight excluding hydrogens is 264 g/mol. The first-order valence-corrected chi connectivity index (χ1v) is 6.32. The van der Waals surface area contributed by atoms with Crippen molar-refractivity contribution < 1.29 is 9.21 Å². The third-order valence-electron chi connectivity index (χ3n) is 2.62. The molecule has 0 fully saturated rings. The van der Waals surface area contributed by atoms with Crippen LogP contribution in [0.15, 0.2) is 40.8 Å². The summed E-state index contributed by atoms with van der Waals surface area (Å²) in [4.78, 5) is 11.8. The van der Waals surface area contributed by atoms with Gasteiger partial charge in [-0.2, -0.15) is 0 Å². The van der Waals surface area contributed by atoms with Crippen LogP contribution in [0.2, 0.25) is 5.02 Å². The maximum absolute atomic E-state index is 11.8. The Morgan fingerprint density at radius 2 is 2.11 bits per heavy atom. The van der Waals surface area contributed by atoms with Crippen LogP contribution in [0.1, 0.15) is 24.5 Å². The van der Waals surface area contributed by atoms with Gasteiger partial charge in [0.05, 0.1) is 6.04 Å². The number of hydrogen-bond acceptors (Lipinski definition) is 2. The van der Waals surface area contributed by atoms with Crippen molar-refractivity contribution in [1.29, 1.82) is 0 Å². The van der Waals surface area contributed by atoms with Crippen LogP contribution in [0.3, 0.4) is 0 Å². The van der Waals surface area contributed by atoms with E-state index in [9.17, 15) is 4.79 Å². The fourth-order valence-electron chi connectivity index (χ4n) is 1.69. The van der Waals surface area contributed by atoms with E-state index in [1.54, 1.807) is 24.3 Å². The molecule has 2 amide bonds. The summed E-state index contributed by atoms with van der Waals surface area (Å²) in [5.74, 6) is 1.54. The molecule has 19 heavy (non-hydrogen) atoms. The van der Waals surface area contributed by atoms with E-state index < -0.39 is 0 Å². The predicted molar refractivity (Wildman–Crippen MR) is 75.5 cm³/mol. The van der Waals surface area contributed by atoms with Crippen molar-refractivity contribution in [2.45, 2.75) is 19.9 Å². The minimum absolute atomic E-state index is 0.201. The zero-order valence-corrected chi connectivity index (χ0v) is 11.5. The SMILES string of the molecule is Cc1ccc(C(C)NC(=O)Nc2cccc(Cl)c2)o1. The fourth-order valence-corrected chi connectivity index (χ4v) is 1.88. The van der Waals surface area contributed by atoms with E-state index >= 15 is 0 Å². The van der Waals surface area contributed by atoms with Gasteiger partial charge < -0.3 is 15.1 Å². The summed E-state index contributed by atoms with van der Waals surface area (Å²) >= 11 is 5.85. The minimum atomic E-state index is -0.302. The standard InChI is InChI=1S/C14H15ClN2O2/c1-9-6-7-13(19-9)10(2)16-14(18)17-12-5-3-4-11(15)8-12/h3-8,10H,1-2H3,(H2,16,17,18). The Hall–Kier alpha value is -1.94. The van der Waals surface area contributed by atoms with Gasteiger partial charge >= 0.3 is 6.03 Å². The van der Waals surface area contributed by atoms with E-state index in [-0.39, 0.29) is 12.1 Å². The molecule has 4 nitrogen and oxygen atoms in total. The van der Waals surface area contributed by atoms with E-state index in [1.165, 1.54) is 0 Å². The van der Waals surface area contributed by atoms with E-state index in [2.05, 4.69) is 10.6 Å². The first kappa shape index (κ1) is 13.5. The van der Waals surface area contributed by atoms with Crippen molar-refractivity contribution >= 4 is 23.3 Å². The van der Waals surface area contributed by atoms with Crippen molar-refractivity contribution in [3.05, 3.63) is 52.9 Å². The predicted octanol–water partition coefficient (Wildman–Crippen LogP) is 4.12.